The highest BCUT2D eigenvalue weighted by Crippen LogP contribution is 2.12. The molecule has 0 atom stereocenters. The van der Waals surface area contributed by atoms with Gasteiger partial charge in [-0.15, -0.1) is 0 Å². The third kappa shape index (κ3) is 5.27. The van der Waals surface area contributed by atoms with Crippen molar-refractivity contribution < 1.29 is 22.2 Å². The summed E-state index contributed by atoms with van der Waals surface area (Å²) in [4.78, 5) is 16.3. The first-order valence-corrected chi connectivity index (χ1v) is 10.1. The molecule has 1 amide bonds. The molecule has 1 aromatic carbocycles. The van der Waals surface area contributed by atoms with E-state index in [0.29, 0.717) is 42.4 Å². The lowest BCUT2D eigenvalue weighted by Gasteiger charge is -2.07. The highest BCUT2D eigenvalue weighted by Gasteiger charge is 2.15. The molecule has 0 saturated heterocycles. The summed E-state index contributed by atoms with van der Waals surface area (Å²) in [6.45, 7) is 2.23. The summed E-state index contributed by atoms with van der Waals surface area (Å²) in [5, 5.41) is 6.47. The van der Waals surface area contributed by atoms with Crippen LogP contribution < -0.4 is 10.0 Å². The highest BCUT2D eigenvalue weighted by molar-refractivity contribution is 7.89. The van der Waals surface area contributed by atoms with Crippen LogP contribution in [0.2, 0.25) is 0 Å². The molecule has 148 valence electrons. The van der Waals surface area contributed by atoms with Crippen LogP contribution in [-0.4, -0.2) is 31.0 Å². The number of carbonyl (C=O) groups is 1. The summed E-state index contributed by atoms with van der Waals surface area (Å²) in [5.74, 6) is 1.33. The molecule has 2 heterocycles. The van der Waals surface area contributed by atoms with E-state index in [9.17, 15) is 13.2 Å². The molecule has 9 nitrogen and oxygen atoms in total. The normalized spacial score (nSPS) is 11.5. The summed E-state index contributed by atoms with van der Waals surface area (Å²) in [7, 11) is -3.69. The van der Waals surface area contributed by atoms with Gasteiger partial charge in [0.25, 0.3) is 5.91 Å². The van der Waals surface area contributed by atoms with E-state index in [1.165, 1.54) is 30.5 Å². The number of amides is 1. The van der Waals surface area contributed by atoms with E-state index < -0.39 is 10.0 Å². The van der Waals surface area contributed by atoms with E-state index >= 15 is 0 Å². The summed E-state index contributed by atoms with van der Waals surface area (Å²) >= 11 is 0. The van der Waals surface area contributed by atoms with E-state index in [1.807, 2.05) is 0 Å². The van der Waals surface area contributed by atoms with Gasteiger partial charge in [0.1, 0.15) is 5.76 Å². The molecule has 0 bridgehead atoms. The van der Waals surface area contributed by atoms with Crippen LogP contribution in [0.5, 0.6) is 0 Å². The number of sulfonamides is 1. The van der Waals surface area contributed by atoms with Gasteiger partial charge in [-0.1, -0.05) is 5.16 Å². The molecule has 0 aliphatic heterocycles. The van der Waals surface area contributed by atoms with E-state index in [2.05, 4.69) is 20.2 Å². The van der Waals surface area contributed by atoms with Crippen molar-refractivity contribution in [1.29, 1.82) is 0 Å². The van der Waals surface area contributed by atoms with E-state index in [1.54, 1.807) is 19.1 Å². The second-order valence-electron chi connectivity index (χ2n) is 6.02. The van der Waals surface area contributed by atoms with Crippen molar-refractivity contribution in [2.45, 2.75) is 31.2 Å². The Morgan fingerprint density at radius 1 is 1.18 bits per heavy atom. The van der Waals surface area contributed by atoms with Gasteiger partial charge in [0.2, 0.25) is 15.9 Å². The number of hydrogen-bond acceptors (Lipinski definition) is 7. The molecule has 0 aliphatic rings. The minimum atomic E-state index is -3.69. The van der Waals surface area contributed by atoms with Crippen LogP contribution >= 0.6 is 0 Å². The van der Waals surface area contributed by atoms with Crippen LogP contribution in [0.25, 0.3) is 0 Å². The number of aromatic nitrogens is 2. The molecule has 0 spiro atoms. The first-order chi connectivity index (χ1) is 13.4. The number of carbonyl (C=O) groups excluding carboxylic acids is 1. The van der Waals surface area contributed by atoms with Crippen LogP contribution in [0.15, 0.2) is 56.5 Å². The second-order valence-corrected chi connectivity index (χ2v) is 7.79. The summed E-state index contributed by atoms with van der Waals surface area (Å²) in [6.07, 6.45) is 2.69. The Hall–Kier alpha value is -2.98. The lowest BCUT2D eigenvalue weighted by atomic mass is 10.2. The zero-order valence-electron chi connectivity index (χ0n) is 15.2. The molecule has 0 fully saturated rings. The lowest BCUT2D eigenvalue weighted by molar-refractivity contribution is 0.0953. The van der Waals surface area contributed by atoms with Crippen molar-refractivity contribution in [3.63, 3.8) is 0 Å². The Balaban J connectivity index is 1.49. The van der Waals surface area contributed by atoms with Crippen LogP contribution in [0.3, 0.4) is 0 Å². The zero-order chi connectivity index (χ0) is 20.0. The van der Waals surface area contributed by atoms with Gasteiger partial charge >= 0.3 is 0 Å². The smallest absolute Gasteiger partial charge is 0.251 e. The van der Waals surface area contributed by atoms with Gasteiger partial charge in [-0.3, -0.25) is 4.79 Å². The van der Waals surface area contributed by atoms with E-state index in [0.717, 1.165) is 0 Å². The molecule has 0 aliphatic carbocycles. The minimum Gasteiger partial charge on any atom is -0.468 e. The van der Waals surface area contributed by atoms with Gasteiger partial charge in [-0.05, 0) is 49.7 Å². The Morgan fingerprint density at radius 2 is 1.96 bits per heavy atom. The molecular formula is C18H20N4O5S. The third-order valence-corrected chi connectivity index (χ3v) is 5.28. The van der Waals surface area contributed by atoms with Crippen LogP contribution in [-0.2, 0) is 23.0 Å². The number of hydrogen-bond donors (Lipinski definition) is 2. The molecule has 0 radical (unpaired) electrons. The fourth-order valence-electron chi connectivity index (χ4n) is 2.43. The van der Waals surface area contributed by atoms with Crippen molar-refractivity contribution in [3.05, 3.63) is 65.7 Å². The van der Waals surface area contributed by atoms with Crippen LogP contribution in [0.1, 0.15) is 34.3 Å². The number of rotatable bonds is 9. The molecule has 0 saturated carbocycles. The molecule has 3 rings (SSSR count). The fourth-order valence-corrected chi connectivity index (χ4v) is 3.43. The maximum Gasteiger partial charge on any atom is 0.251 e. The van der Waals surface area contributed by atoms with Crippen molar-refractivity contribution in [1.82, 2.24) is 20.2 Å². The zero-order valence-corrected chi connectivity index (χ0v) is 16.0. The fraction of sp³-hybridized carbons (Fsp3) is 0.278. The second kappa shape index (κ2) is 8.81. The van der Waals surface area contributed by atoms with Crippen molar-refractivity contribution in [3.8, 4) is 0 Å². The highest BCUT2D eigenvalue weighted by atomic mass is 32.2. The largest absolute Gasteiger partial charge is 0.468 e. The van der Waals surface area contributed by atoms with Crippen LogP contribution in [0.4, 0.5) is 0 Å². The minimum absolute atomic E-state index is 0.0527. The average molecular weight is 404 g/mol. The van der Waals surface area contributed by atoms with Gasteiger partial charge < -0.3 is 14.3 Å². The maximum absolute atomic E-state index is 12.3. The molecule has 2 aromatic heterocycles. The predicted octanol–water partition coefficient (Wildman–Crippen LogP) is 1.81. The van der Waals surface area contributed by atoms with E-state index in [4.69, 9.17) is 8.94 Å². The molecule has 10 heteroatoms. The van der Waals surface area contributed by atoms with Gasteiger partial charge in [0.15, 0.2) is 5.82 Å². The van der Waals surface area contributed by atoms with Gasteiger partial charge in [0, 0.05) is 18.5 Å². The number of furan rings is 1. The monoisotopic (exact) mass is 404 g/mol. The van der Waals surface area contributed by atoms with Gasteiger partial charge in [-0.25, -0.2) is 13.1 Å². The average Bonchev–Trinajstić information content (AvgIpc) is 3.35. The number of benzene rings is 1. The van der Waals surface area contributed by atoms with Crippen molar-refractivity contribution >= 4 is 15.9 Å². The standard InChI is InChI=1S/C18H20N4O5S/c1-13-21-17(27-22-13)5-2-10-19-18(23)14-6-8-16(9-7-14)28(24,25)20-12-15-4-3-11-26-15/h3-4,6-9,11,20H,2,5,10,12H2,1H3,(H,19,23). The number of nitrogens with zero attached hydrogens (tertiary/aromatic N) is 2. The quantitative estimate of drug-likeness (QED) is 0.521. The topological polar surface area (TPSA) is 127 Å². The van der Waals surface area contributed by atoms with Crippen molar-refractivity contribution in [2.75, 3.05) is 6.54 Å². The molecule has 2 N–H and O–H groups in total. The van der Waals surface area contributed by atoms with E-state index in [-0.39, 0.29) is 17.3 Å². The molecule has 0 unspecified atom stereocenters. The Bertz CT molecular complexity index is 1010. The van der Waals surface area contributed by atoms with Gasteiger partial charge in [0.05, 0.1) is 17.7 Å². The summed E-state index contributed by atoms with van der Waals surface area (Å²) < 4.78 is 37.1. The summed E-state index contributed by atoms with van der Waals surface area (Å²) in [5.41, 5.74) is 0.374. The lowest BCUT2D eigenvalue weighted by Crippen LogP contribution is -2.25. The first-order valence-electron chi connectivity index (χ1n) is 8.63. The molecule has 3 aromatic rings. The van der Waals surface area contributed by atoms with Crippen molar-refractivity contribution in [2.24, 2.45) is 0 Å². The predicted molar refractivity (Wildman–Crippen MR) is 98.9 cm³/mol. The number of nitrogens with one attached hydrogen (secondary N) is 2. The van der Waals surface area contributed by atoms with Crippen LogP contribution in [0, 0.1) is 6.92 Å². The van der Waals surface area contributed by atoms with Gasteiger partial charge in [-0.2, -0.15) is 4.98 Å². The Morgan fingerprint density at radius 3 is 2.61 bits per heavy atom. The summed E-state index contributed by atoms with van der Waals surface area (Å²) in [6, 6.07) is 9.08. The first kappa shape index (κ1) is 19.8. The Kier molecular flexibility index (Phi) is 6.22. The molecular weight excluding hydrogens is 384 g/mol. The number of aryl methyl sites for hydroxylation is 2. The maximum atomic E-state index is 12.3. The molecule has 28 heavy (non-hydrogen) atoms. The Labute approximate surface area is 162 Å². The SMILES string of the molecule is Cc1noc(CCCNC(=O)c2ccc(S(=O)(=O)NCc3ccco3)cc2)n1. The third-order valence-electron chi connectivity index (χ3n) is 3.87.